The van der Waals surface area contributed by atoms with E-state index in [4.69, 9.17) is 11.6 Å². The van der Waals surface area contributed by atoms with Gasteiger partial charge in [0.2, 0.25) is 0 Å². The van der Waals surface area contributed by atoms with Gasteiger partial charge in [-0.3, -0.25) is 4.79 Å². The third-order valence-electron chi connectivity index (χ3n) is 5.43. The average Bonchev–Trinajstić information content (AvgIpc) is 2.84. The molecule has 166 valence electrons. The quantitative estimate of drug-likeness (QED) is 0.236. The summed E-state index contributed by atoms with van der Waals surface area (Å²) in [6.07, 6.45) is -5.05. The fourth-order valence-corrected chi connectivity index (χ4v) is 4.12. The van der Waals surface area contributed by atoms with E-state index in [2.05, 4.69) is 5.32 Å². The van der Waals surface area contributed by atoms with Gasteiger partial charge in [0.1, 0.15) is 5.54 Å². The second-order valence-corrected chi connectivity index (χ2v) is 7.93. The predicted molar refractivity (Wildman–Crippen MR) is 125 cm³/mol. The van der Waals surface area contributed by atoms with Crippen LogP contribution in [0.4, 0.5) is 18.9 Å². The van der Waals surface area contributed by atoms with Crippen LogP contribution in [0.1, 0.15) is 27.0 Å². The van der Waals surface area contributed by atoms with Gasteiger partial charge in [-0.05, 0) is 34.9 Å². The number of anilines is 1. The highest BCUT2D eigenvalue weighted by atomic mass is 35.5. The number of ketones is 1. The summed E-state index contributed by atoms with van der Waals surface area (Å²) in [6, 6.07) is 32.1. The van der Waals surface area contributed by atoms with Crippen LogP contribution in [0.25, 0.3) is 0 Å². The largest absolute Gasteiger partial charge is 0.454 e. The number of Topliss-reactive ketones (excluding diaryl/α,β-unsaturated/α-hetero) is 1. The smallest absolute Gasteiger partial charge is 0.367 e. The summed E-state index contributed by atoms with van der Waals surface area (Å²) in [6.45, 7) is 0. The average molecular weight is 466 g/mol. The zero-order chi connectivity index (χ0) is 23.5. The summed E-state index contributed by atoms with van der Waals surface area (Å²) in [7, 11) is 0. The third-order valence-corrected chi connectivity index (χ3v) is 5.66. The maximum absolute atomic E-state index is 13.4. The highest BCUT2D eigenvalue weighted by molar-refractivity contribution is 6.31. The molecule has 4 aromatic rings. The molecule has 33 heavy (non-hydrogen) atoms. The molecule has 0 radical (unpaired) electrons. The molecule has 0 amide bonds. The lowest BCUT2D eigenvalue weighted by Crippen LogP contribution is -2.39. The van der Waals surface area contributed by atoms with Gasteiger partial charge in [-0.2, -0.15) is 13.2 Å². The van der Waals surface area contributed by atoms with E-state index < -0.39 is 23.1 Å². The number of carbonyl (C=O) groups excluding carboxylic acids is 1. The van der Waals surface area contributed by atoms with Crippen LogP contribution >= 0.6 is 11.6 Å². The molecule has 0 bridgehead atoms. The van der Waals surface area contributed by atoms with E-state index in [0.717, 1.165) is 22.8 Å². The first kappa shape index (κ1) is 22.6. The minimum atomic E-state index is -5.05. The van der Waals surface area contributed by atoms with E-state index in [1.807, 2.05) is 91.0 Å². The number of halogens is 4. The molecule has 1 N–H and O–H groups in total. The molecule has 0 aromatic heterocycles. The summed E-state index contributed by atoms with van der Waals surface area (Å²) in [5.41, 5.74) is 0.784. The lowest BCUT2D eigenvalue weighted by Gasteiger charge is -2.38. The first-order valence-electron chi connectivity index (χ1n) is 10.2. The summed E-state index contributed by atoms with van der Waals surface area (Å²) >= 11 is 5.99. The first-order valence-corrected chi connectivity index (χ1v) is 10.6. The molecule has 4 rings (SSSR count). The van der Waals surface area contributed by atoms with Crippen molar-refractivity contribution in [1.82, 2.24) is 0 Å². The van der Waals surface area contributed by atoms with Crippen LogP contribution in [0.5, 0.6) is 0 Å². The lowest BCUT2D eigenvalue weighted by molar-refractivity contribution is -0.0884. The monoisotopic (exact) mass is 465 g/mol. The second-order valence-electron chi connectivity index (χ2n) is 7.49. The molecular weight excluding hydrogens is 447 g/mol. The summed E-state index contributed by atoms with van der Waals surface area (Å²) in [4.78, 5) is 12.3. The Hall–Kier alpha value is -3.57. The lowest BCUT2D eigenvalue weighted by atomic mass is 9.76. The molecule has 0 aliphatic rings. The number of hydrogen-bond acceptors (Lipinski definition) is 2. The van der Waals surface area contributed by atoms with Crippen molar-refractivity contribution < 1.29 is 18.0 Å². The van der Waals surface area contributed by atoms with Gasteiger partial charge in [0.25, 0.3) is 5.78 Å². The summed E-state index contributed by atoms with van der Waals surface area (Å²) in [5, 5.41) is 3.35. The minimum Gasteiger partial charge on any atom is -0.367 e. The first-order chi connectivity index (χ1) is 15.8. The molecule has 0 saturated carbocycles. The van der Waals surface area contributed by atoms with E-state index >= 15 is 0 Å². The van der Waals surface area contributed by atoms with Gasteiger partial charge in [-0.15, -0.1) is 0 Å². The van der Waals surface area contributed by atoms with Gasteiger partial charge < -0.3 is 5.32 Å². The Morgan fingerprint density at radius 2 is 1.09 bits per heavy atom. The highest BCUT2D eigenvalue weighted by Gasteiger charge is 2.42. The van der Waals surface area contributed by atoms with E-state index in [-0.39, 0.29) is 10.7 Å². The number of carbonyl (C=O) groups is 1. The topological polar surface area (TPSA) is 29.1 Å². The van der Waals surface area contributed by atoms with Crippen LogP contribution < -0.4 is 5.32 Å². The fraction of sp³-hybridized carbons (Fsp3) is 0.0741. The summed E-state index contributed by atoms with van der Waals surface area (Å²) < 4.78 is 40.3. The molecule has 2 nitrogen and oxygen atoms in total. The number of rotatable bonds is 6. The predicted octanol–water partition coefficient (Wildman–Crippen LogP) is 7.49. The van der Waals surface area contributed by atoms with Crippen LogP contribution in [0.3, 0.4) is 0 Å². The maximum atomic E-state index is 13.4. The SMILES string of the molecule is O=C(c1cc(Cl)ccc1NC(c1ccccc1)(c1ccccc1)c1ccccc1)C(F)(F)F. The normalized spacial score (nSPS) is 11.8. The Morgan fingerprint density at radius 1 is 0.667 bits per heavy atom. The van der Waals surface area contributed by atoms with Gasteiger partial charge in [0.05, 0.1) is 5.56 Å². The van der Waals surface area contributed by atoms with Crippen molar-refractivity contribution >= 4 is 23.1 Å². The zero-order valence-electron chi connectivity index (χ0n) is 17.3. The van der Waals surface area contributed by atoms with E-state index in [1.54, 1.807) is 0 Å². The zero-order valence-corrected chi connectivity index (χ0v) is 18.1. The number of alkyl halides is 3. The molecule has 0 fully saturated rings. The Bertz CT molecular complexity index is 1150. The molecule has 0 saturated heterocycles. The van der Waals surface area contributed by atoms with Crippen molar-refractivity contribution in [3.8, 4) is 0 Å². The van der Waals surface area contributed by atoms with Crippen molar-refractivity contribution in [2.45, 2.75) is 11.7 Å². The third kappa shape index (κ3) is 4.50. The van der Waals surface area contributed by atoms with Gasteiger partial charge in [0.15, 0.2) is 0 Å². The standard InChI is InChI=1S/C27H19ClF3NO/c28-22-16-17-24(23(18-22)25(33)27(29,30)31)32-26(19-10-4-1-5-11-19,20-12-6-2-7-13-20)21-14-8-3-9-15-21/h1-18,32H. The molecule has 0 heterocycles. The molecule has 0 aliphatic heterocycles. The van der Waals surface area contributed by atoms with Crippen molar-refractivity contribution in [3.05, 3.63) is 136 Å². The highest BCUT2D eigenvalue weighted by Crippen LogP contribution is 2.41. The Balaban J connectivity index is 2.02. The molecule has 4 aromatic carbocycles. The Kier molecular flexibility index (Phi) is 6.25. The number of benzene rings is 4. The molecular formula is C27H19ClF3NO. The van der Waals surface area contributed by atoms with Crippen LogP contribution in [0.15, 0.2) is 109 Å². The van der Waals surface area contributed by atoms with Gasteiger partial charge >= 0.3 is 6.18 Å². The van der Waals surface area contributed by atoms with Crippen LogP contribution in [0.2, 0.25) is 5.02 Å². The molecule has 0 spiro atoms. The van der Waals surface area contributed by atoms with Gasteiger partial charge in [-0.25, -0.2) is 0 Å². The molecule has 6 heteroatoms. The van der Waals surface area contributed by atoms with Gasteiger partial charge in [0, 0.05) is 10.7 Å². The number of nitrogens with one attached hydrogen (secondary N) is 1. The van der Waals surface area contributed by atoms with Crippen LogP contribution in [-0.4, -0.2) is 12.0 Å². The van der Waals surface area contributed by atoms with Gasteiger partial charge in [-0.1, -0.05) is 103 Å². The van der Waals surface area contributed by atoms with E-state index in [0.29, 0.717) is 0 Å². The maximum Gasteiger partial charge on any atom is 0.454 e. The second kappa shape index (κ2) is 9.12. The van der Waals surface area contributed by atoms with Crippen LogP contribution in [0, 0.1) is 0 Å². The van der Waals surface area contributed by atoms with Crippen molar-refractivity contribution in [1.29, 1.82) is 0 Å². The Morgan fingerprint density at radius 3 is 1.48 bits per heavy atom. The molecule has 0 aliphatic carbocycles. The Labute approximate surface area is 194 Å². The van der Waals surface area contributed by atoms with Crippen molar-refractivity contribution in [2.75, 3.05) is 5.32 Å². The van der Waals surface area contributed by atoms with Crippen molar-refractivity contribution in [3.63, 3.8) is 0 Å². The van der Waals surface area contributed by atoms with Crippen LogP contribution in [-0.2, 0) is 5.54 Å². The fourth-order valence-electron chi connectivity index (χ4n) is 3.95. The number of hydrogen-bond donors (Lipinski definition) is 1. The minimum absolute atomic E-state index is 0.0262. The molecule has 0 atom stereocenters. The van der Waals surface area contributed by atoms with E-state index in [1.165, 1.54) is 12.1 Å². The summed E-state index contributed by atoms with van der Waals surface area (Å²) in [5.74, 6) is -1.96. The van der Waals surface area contributed by atoms with Crippen molar-refractivity contribution in [2.24, 2.45) is 0 Å². The van der Waals surface area contributed by atoms with E-state index in [9.17, 15) is 18.0 Å². The molecule has 0 unspecified atom stereocenters.